The summed E-state index contributed by atoms with van der Waals surface area (Å²) in [4.78, 5) is 32.5. The first-order valence-corrected chi connectivity index (χ1v) is 8.26. The summed E-state index contributed by atoms with van der Waals surface area (Å²) in [5.74, 6) is 5.78. The number of pyridine rings is 2. The minimum atomic E-state index is -0.620. The second kappa shape index (κ2) is 9.30. The number of amides is 1. The third-order valence-corrected chi connectivity index (χ3v) is 4.10. The van der Waals surface area contributed by atoms with Crippen molar-refractivity contribution in [1.82, 2.24) is 19.5 Å². The average molecular weight is 398 g/mol. The molecule has 0 aromatic carbocycles. The fourth-order valence-electron chi connectivity index (χ4n) is 2.38. The predicted octanol–water partition coefficient (Wildman–Crippen LogP) is 2.04. The second-order valence-electron chi connectivity index (χ2n) is 5.43. The van der Waals surface area contributed by atoms with Gasteiger partial charge >= 0.3 is 0 Å². The van der Waals surface area contributed by atoms with E-state index in [-0.39, 0.29) is 12.2 Å². The molecule has 3 N–H and O–H groups in total. The predicted molar refractivity (Wildman–Crippen MR) is 104 cm³/mol. The van der Waals surface area contributed by atoms with Crippen LogP contribution in [0.5, 0.6) is 0 Å². The summed E-state index contributed by atoms with van der Waals surface area (Å²) in [6.45, 7) is 1.59. The van der Waals surface area contributed by atoms with Crippen LogP contribution in [0.2, 0.25) is 5.15 Å². The topological polar surface area (TPSA) is 124 Å². The van der Waals surface area contributed by atoms with E-state index in [4.69, 9.17) is 27.2 Å². The standard InChI is InChI=1S/C18H14ClN5O.CH2O2/c1-11-12(7-9-22-17(11)19)5-6-14-23-15(18(20)25)16(24(14)2)13-4-3-8-21-10-13;2-1-3/h3-4,7-10H,1-2H3,(H2,20,25);1H,(H,2,3). The van der Waals surface area contributed by atoms with Gasteiger partial charge in [0.2, 0.25) is 0 Å². The third-order valence-electron chi connectivity index (χ3n) is 3.71. The van der Waals surface area contributed by atoms with Crippen LogP contribution in [0.4, 0.5) is 0 Å². The van der Waals surface area contributed by atoms with E-state index < -0.39 is 5.91 Å². The van der Waals surface area contributed by atoms with Gasteiger partial charge in [0.1, 0.15) is 5.15 Å². The molecule has 3 aromatic rings. The maximum atomic E-state index is 11.8. The van der Waals surface area contributed by atoms with Gasteiger partial charge in [-0.3, -0.25) is 14.6 Å². The van der Waals surface area contributed by atoms with Crippen molar-refractivity contribution < 1.29 is 14.7 Å². The molecule has 28 heavy (non-hydrogen) atoms. The number of primary amides is 1. The van der Waals surface area contributed by atoms with Crippen molar-refractivity contribution in [2.45, 2.75) is 6.92 Å². The Bertz CT molecular complexity index is 1070. The number of nitrogens with zero attached hydrogens (tertiary/aromatic N) is 4. The molecule has 142 valence electrons. The summed E-state index contributed by atoms with van der Waals surface area (Å²) < 4.78 is 1.72. The lowest BCUT2D eigenvalue weighted by Gasteiger charge is -2.04. The first-order valence-electron chi connectivity index (χ1n) is 7.88. The number of imidazole rings is 1. The van der Waals surface area contributed by atoms with Gasteiger partial charge in [0, 0.05) is 42.3 Å². The summed E-state index contributed by atoms with van der Waals surface area (Å²) in [7, 11) is 1.78. The van der Waals surface area contributed by atoms with Crippen molar-refractivity contribution in [3.63, 3.8) is 0 Å². The highest BCUT2D eigenvalue weighted by Crippen LogP contribution is 2.23. The lowest BCUT2D eigenvalue weighted by Crippen LogP contribution is -2.13. The molecule has 0 spiro atoms. The van der Waals surface area contributed by atoms with Crippen LogP contribution in [0.1, 0.15) is 27.4 Å². The molecule has 8 nitrogen and oxygen atoms in total. The number of carbonyl (C=O) groups is 2. The van der Waals surface area contributed by atoms with E-state index in [2.05, 4.69) is 26.8 Å². The molecule has 0 saturated heterocycles. The van der Waals surface area contributed by atoms with Crippen LogP contribution in [0.15, 0.2) is 36.8 Å². The number of hydrogen-bond acceptors (Lipinski definition) is 5. The normalized spacial score (nSPS) is 9.54. The van der Waals surface area contributed by atoms with Crippen molar-refractivity contribution in [2.75, 3.05) is 0 Å². The van der Waals surface area contributed by atoms with E-state index in [0.29, 0.717) is 16.7 Å². The summed E-state index contributed by atoms with van der Waals surface area (Å²) in [5, 5.41) is 7.29. The maximum absolute atomic E-state index is 11.8. The van der Waals surface area contributed by atoms with Crippen molar-refractivity contribution in [3.8, 4) is 23.1 Å². The Hall–Kier alpha value is -3.70. The lowest BCUT2D eigenvalue weighted by atomic mass is 10.1. The molecule has 1 amide bonds. The van der Waals surface area contributed by atoms with E-state index in [1.165, 1.54) is 0 Å². The van der Waals surface area contributed by atoms with Gasteiger partial charge in [-0.15, -0.1) is 0 Å². The molecule has 9 heteroatoms. The van der Waals surface area contributed by atoms with E-state index >= 15 is 0 Å². The molecule has 0 fully saturated rings. The first kappa shape index (κ1) is 20.6. The summed E-state index contributed by atoms with van der Waals surface area (Å²) in [6, 6.07) is 5.38. The number of aromatic nitrogens is 4. The minimum Gasteiger partial charge on any atom is -0.483 e. The highest BCUT2D eigenvalue weighted by molar-refractivity contribution is 6.30. The van der Waals surface area contributed by atoms with Gasteiger partial charge in [-0.05, 0) is 31.0 Å². The summed E-state index contributed by atoms with van der Waals surface area (Å²) in [5.41, 5.74) is 8.48. The Morgan fingerprint density at radius 1 is 1.32 bits per heavy atom. The van der Waals surface area contributed by atoms with Crippen molar-refractivity contribution in [3.05, 3.63) is 64.6 Å². The number of nitrogens with two attached hydrogens (primary N) is 1. The molecular formula is C19H16ClN5O3. The lowest BCUT2D eigenvalue weighted by molar-refractivity contribution is -0.122. The van der Waals surface area contributed by atoms with Crippen molar-refractivity contribution in [1.29, 1.82) is 0 Å². The minimum absolute atomic E-state index is 0.157. The smallest absolute Gasteiger partial charge is 0.290 e. The molecule has 0 unspecified atom stereocenters. The van der Waals surface area contributed by atoms with E-state index in [1.54, 1.807) is 42.3 Å². The monoisotopic (exact) mass is 397 g/mol. The van der Waals surface area contributed by atoms with Crippen LogP contribution < -0.4 is 5.73 Å². The van der Waals surface area contributed by atoms with Crippen LogP contribution >= 0.6 is 11.6 Å². The molecular weight excluding hydrogens is 382 g/mol. The molecule has 3 rings (SSSR count). The Balaban J connectivity index is 0.000000878. The number of carboxylic acid groups (broad SMARTS) is 1. The highest BCUT2D eigenvalue weighted by Gasteiger charge is 2.19. The maximum Gasteiger partial charge on any atom is 0.290 e. The molecule has 0 aliphatic heterocycles. The molecule has 0 bridgehead atoms. The third kappa shape index (κ3) is 4.52. The van der Waals surface area contributed by atoms with Crippen LogP contribution in [0, 0.1) is 18.8 Å². The average Bonchev–Trinajstić information content (AvgIpc) is 3.01. The fourth-order valence-corrected chi connectivity index (χ4v) is 2.54. The van der Waals surface area contributed by atoms with Crippen LogP contribution in [-0.4, -0.2) is 37.0 Å². The Kier molecular flexibility index (Phi) is 6.84. The van der Waals surface area contributed by atoms with Gasteiger partial charge in [-0.25, -0.2) is 9.97 Å². The summed E-state index contributed by atoms with van der Waals surface area (Å²) in [6.07, 6.45) is 4.89. The molecule has 0 aliphatic carbocycles. The van der Waals surface area contributed by atoms with Gasteiger partial charge in [-0.1, -0.05) is 17.5 Å². The van der Waals surface area contributed by atoms with Crippen LogP contribution in [0.3, 0.4) is 0 Å². The van der Waals surface area contributed by atoms with Gasteiger partial charge in [-0.2, -0.15) is 0 Å². The number of rotatable bonds is 2. The quantitative estimate of drug-likeness (QED) is 0.387. The Labute approximate surface area is 166 Å². The molecule has 0 radical (unpaired) electrons. The number of carbonyl (C=O) groups excluding carboxylic acids is 1. The zero-order valence-electron chi connectivity index (χ0n) is 15.0. The molecule has 3 heterocycles. The molecule has 0 saturated carbocycles. The highest BCUT2D eigenvalue weighted by atomic mass is 35.5. The van der Waals surface area contributed by atoms with Gasteiger partial charge < -0.3 is 15.4 Å². The van der Waals surface area contributed by atoms with Gasteiger partial charge in [0.25, 0.3) is 12.4 Å². The van der Waals surface area contributed by atoms with Crippen LogP contribution in [0.25, 0.3) is 11.3 Å². The SMILES string of the molecule is Cc1c(C#Cc2nc(C(N)=O)c(-c3cccnc3)n2C)ccnc1Cl.O=CO. The summed E-state index contributed by atoms with van der Waals surface area (Å²) >= 11 is 6.01. The zero-order chi connectivity index (χ0) is 20.7. The van der Waals surface area contributed by atoms with Crippen LogP contribution in [-0.2, 0) is 11.8 Å². The first-order chi connectivity index (χ1) is 13.4. The van der Waals surface area contributed by atoms with Gasteiger partial charge in [0.05, 0.1) is 5.69 Å². The van der Waals surface area contributed by atoms with Crippen molar-refractivity contribution in [2.24, 2.45) is 12.8 Å². The van der Waals surface area contributed by atoms with Gasteiger partial charge in [0.15, 0.2) is 11.5 Å². The zero-order valence-corrected chi connectivity index (χ0v) is 15.8. The van der Waals surface area contributed by atoms with E-state index in [0.717, 1.165) is 16.7 Å². The van der Waals surface area contributed by atoms with Crippen molar-refractivity contribution >= 4 is 24.0 Å². The fraction of sp³-hybridized carbons (Fsp3) is 0.105. The van der Waals surface area contributed by atoms with E-state index in [1.807, 2.05) is 13.0 Å². The van der Waals surface area contributed by atoms with E-state index in [9.17, 15) is 4.79 Å². The molecule has 3 aromatic heterocycles. The second-order valence-corrected chi connectivity index (χ2v) is 5.79. The largest absolute Gasteiger partial charge is 0.483 e. The Morgan fingerprint density at radius 3 is 2.64 bits per heavy atom. The molecule has 0 atom stereocenters. The Morgan fingerprint density at radius 2 is 2.04 bits per heavy atom. The number of hydrogen-bond donors (Lipinski definition) is 2. The molecule has 0 aliphatic rings. The number of halogens is 1.